The van der Waals surface area contributed by atoms with Gasteiger partial charge in [0.05, 0.1) is 5.02 Å². The molecule has 0 bridgehead atoms. The Morgan fingerprint density at radius 2 is 1.90 bits per heavy atom. The predicted molar refractivity (Wildman–Crippen MR) is 110 cm³/mol. The van der Waals surface area contributed by atoms with E-state index in [2.05, 4.69) is 15.4 Å². The molecule has 2 atom stereocenters. The minimum atomic E-state index is -4.06. The molecule has 2 unspecified atom stereocenters. The summed E-state index contributed by atoms with van der Waals surface area (Å²) in [5.41, 5.74) is 1.06. The average Bonchev–Trinajstić information content (AvgIpc) is 2.71. The highest BCUT2D eigenvalue weighted by molar-refractivity contribution is 7.87. The van der Waals surface area contributed by atoms with E-state index < -0.39 is 39.9 Å². The van der Waals surface area contributed by atoms with E-state index in [0.717, 1.165) is 15.9 Å². The highest BCUT2D eigenvalue weighted by Crippen LogP contribution is 2.22. The van der Waals surface area contributed by atoms with Gasteiger partial charge in [-0.15, -0.1) is 0 Å². The molecular weight excluding hydrogens is 435 g/mol. The summed E-state index contributed by atoms with van der Waals surface area (Å²) >= 11 is 5.71. The molecule has 1 fully saturated rings. The third kappa shape index (κ3) is 5.14. The predicted octanol–water partition coefficient (Wildman–Crippen LogP) is 1.64. The van der Waals surface area contributed by atoms with Gasteiger partial charge in [0.2, 0.25) is 11.8 Å². The highest BCUT2D eigenvalue weighted by atomic mass is 35.5. The van der Waals surface area contributed by atoms with Gasteiger partial charge in [0.15, 0.2) is 0 Å². The van der Waals surface area contributed by atoms with E-state index in [9.17, 15) is 22.4 Å². The standard InChI is InChI=1S/C19H20ClFN4O4S/c1-25-17(19(27)23-13-7-8-15(21)14(20)9-13)10-16(24-30(25,28)29)18(26)22-11-12-5-3-2-4-6-12/h2-9,16-17,24H,10-11H2,1H3,(H,22,26)(H,23,27). The average molecular weight is 455 g/mol. The van der Waals surface area contributed by atoms with Crippen molar-refractivity contribution >= 4 is 39.3 Å². The second kappa shape index (κ2) is 9.09. The Bertz CT molecular complexity index is 1050. The molecule has 0 saturated carbocycles. The van der Waals surface area contributed by atoms with Gasteiger partial charge in [-0.05, 0) is 30.2 Å². The van der Waals surface area contributed by atoms with Crippen LogP contribution in [0.1, 0.15) is 12.0 Å². The molecule has 8 nitrogen and oxygen atoms in total. The van der Waals surface area contributed by atoms with Gasteiger partial charge >= 0.3 is 0 Å². The summed E-state index contributed by atoms with van der Waals surface area (Å²) < 4.78 is 41.3. The van der Waals surface area contributed by atoms with E-state index in [4.69, 9.17) is 11.6 Å². The number of nitrogens with zero attached hydrogens (tertiary/aromatic N) is 1. The van der Waals surface area contributed by atoms with Gasteiger partial charge in [-0.1, -0.05) is 41.9 Å². The van der Waals surface area contributed by atoms with E-state index in [1.54, 1.807) is 0 Å². The van der Waals surface area contributed by atoms with Gasteiger partial charge in [0.1, 0.15) is 17.9 Å². The maximum atomic E-state index is 13.3. The van der Waals surface area contributed by atoms with Crippen molar-refractivity contribution in [2.45, 2.75) is 25.0 Å². The normalized spacial score (nSPS) is 21.0. The summed E-state index contributed by atoms with van der Waals surface area (Å²) in [5, 5.41) is 5.00. The number of hydrogen-bond acceptors (Lipinski definition) is 4. The lowest BCUT2D eigenvalue weighted by molar-refractivity contribution is -0.124. The monoisotopic (exact) mass is 454 g/mol. The zero-order chi connectivity index (χ0) is 21.9. The Kier molecular flexibility index (Phi) is 6.71. The van der Waals surface area contributed by atoms with Crippen LogP contribution in [0.15, 0.2) is 48.5 Å². The smallest absolute Gasteiger partial charge is 0.280 e. The van der Waals surface area contributed by atoms with Gasteiger partial charge in [-0.3, -0.25) is 9.59 Å². The molecule has 0 spiro atoms. The molecule has 11 heteroatoms. The molecule has 0 aliphatic carbocycles. The maximum Gasteiger partial charge on any atom is 0.280 e. The third-order valence-electron chi connectivity index (χ3n) is 4.68. The van der Waals surface area contributed by atoms with Crippen LogP contribution in [0.5, 0.6) is 0 Å². The number of halogens is 2. The van der Waals surface area contributed by atoms with E-state index >= 15 is 0 Å². The van der Waals surface area contributed by atoms with Crippen LogP contribution >= 0.6 is 11.6 Å². The summed E-state index contributed by atoms with van der Waals surface area (Å²) in [6.45, 7) is 0.221. The number of carbonyl (C=O) groups excluding carboxylic acids is 2. The Hall–Kier alpha value is -2.53. The summed E-state index contributed by atoms with van der Waals surface area (Å²) in [6.07, 6.45) is -0.0862. The molecule has 3 N–H and O–H groups in total. The SMILES string of the molecule is CN1C(C(=O)Nc2ccc(F)c(Cl)c2)CC(C(=O)NCc2ccccc2)NS1(=O)=O. The number of likely N-dealkylation sites (N-methyl/N-ethyl adjacent to an activating group) is 1. The summed E-state index contributed by atoms with van der Waals surface area (Å²) in [5.74, 6) is -1.85. The molecule has 1 saturated heterocycles. The molecule has 3 rings (SSSR count). The fourth-order valence-electron chi connectivity index (χ4n) is 2.99. The first-order valence-electron chi connectivity index (χ1n) is 9.00. The van der Waals surface area contributed by atoms with E-state index in [0.29, 0.717) is 0 Å². The molecule has 0 radical (unpaired) electrons. The van der Waals surface area contributed by atoms with Crippen LogP contribution < -0.4 is 15.4 Å². The molecule has 2 aromatic carbocycles. The second-order valence-electron chi connectivity index (χ2n) is 6.76. The lowest BCUT2D eigenvalue weighted by atomic mass is 10.1. The first-order valence-corrected chi connectivity index (χ1v) is 10.8. The van der Waals surface area contributed by atoms with Crippen molar-refractivity contribution < 1.29 is 22.4 Å². The van der Waals surface area contributed by atoms with Crippen molar-refractivity contribution in [3.05, 3.63) is 64.9 Å². The molecule has 2 amide bonds. The lowest BCUT2D eigenvalue weighted by Gasteiger charge is -2.35. The van der Waals surface area contributed by atoms with Crippen molar-refractivity contribution in [3.8, 4) is 0 Å². The van der Waals surface area contributed by atoms with Crippen LogP contribution in [0.3, 0.4) is 0 Å². The van der Waals surface area contributed by atoms with Crippen LogP contribution in [0.4, 0.5) is 10.1 Å². The number of anilines is 1. The molecular formula is C19H20ClFN4O4S. The largest absolute Gasteiger partial charge is 0.351 e. The van der Waals surface area contributed by atoms with Gasteiger partial charge in [-0.25, -0.2) is 4.39 Å². The van der Waals surface area contributed by atoms with Crippen molar-refractivity contribution in [1.29, 1.82) is 0 Å². The quantitative estimate of drug-likeness (QED) is 0.638. The summed E-state index contributed by atoms with van der Waals surface area (Å²) in [7, 11) is -2.83. The minimum absolute atomic E-state index is 0.0862. The van der Waals surface area contributed by atoms with Crippen LogP contribution in [0, 0.1) is 5.82 Å². The summed E-state index contributed by atoms with van der Waals surface area (Å²) in [6, 6.07) is 10.5. The number of hydrogen-bond donors (Lipinski definition) is 3. The van der Waals surface area contributed by atoms with E-state index in [1.807, 2.05) is 30.3 Å². The van der Waals surface area contributed by atoms with Crippen LogP contribution in [-0.2, 0) is 26.3 Å². The molecule has 0 aromatic heterocycles. The van der Waals surface area contributed by atoms with Crippen molar-refractivity contribution in [1.82, 2.24) is 14.3 Å². The maximum absolute atomic E-state index is 13.3. The molecule has 160 valence electrons. The number of rotatable bonds is 5. The Balaban J connectivity index is 1.71. The minimum Gasteiger partial charge on any atom is -0.351 e. The Morgan fingerprint density at radius 3 is 2.57 bits per heavy atom. The van der Waals surface area contributed by atoms with Crippen LogP contribution in [-0.4, -0.2) is 43.7 Å². The zero-order valence-electron chi connectivity index (χ0n) is 15.9. The fraction of sp³-hybridized carbons (Fsp3) is 0.263. The molecule has 1 aliphatic heterocycles. The van der Waals surface area contributed by atoms with E-state index in [1.165, 1.54) is 19.2 Å². The number of carbonyl (C=O) groups is 2. The summed E-state index contributed by atoms with van der Waals surface area (Å²) in [4.78, 5) is 25.2. The zero-order valence-corrected chi connectivity index (χ0v) is 17.5. The lowest BCUT2D eigenvalue weighted by Crippen LogP contribution is -2.62. The highest BCUT2D eigenvalue weighted by Gasteiger charge is 2.42. The van der Waals surface area contributed by atoms with Gasteiger partial charge < -0.3 is 10.6 Å². The number of nitrogens with one attached hydrogen (secondary N) is 3. The Morgan fingerprint density at radius 1 is 1.20 bits per heavy atom. The third-order valence-corrected chi connectivity index (χ3v) is 6.57. The molecule has 1 heterocycles. The first kappa shape index (κ1) is 22.2. The molecule has 2 aromatic rings. The second-order valence-corrected chi connectivity index (χ2v) is 8.93. The number of amides is 2. The van der Waals surface area contributed by atoms with Gasteiger partial charge in [0.25, 0.3) is 10.2 Å². The van der Waals surface area contributed by atoms with Crippen LogP contribution in [0.25, 0.3) is 0 Å². The molecule has 30 heavy (non-hydrogen) atoms. The molecule has 1 aliphatic rings. The van der Waals surface area contributed by atoms with E-state index in [-0.39, 0.29) is 23.7 Å². The van der Waals surface area contributed by atoms with Crippen LogP contribution in [0.2, 0.25) is 5.02 Å². The van der Waals surface area contributed by atoms with Gasteiger partial charge in [-0.2, -0.15) is 17.4 Å². The number of benzene rings is 2. The fourth-order valence-corrected chi connectivity index (χ4v) is 4.42. The van der Waals surface area contributed by atoms with Crippen molar-refractivity contribution in [2.24, 2.45) is 0 Å². The Labute approximate surface area is 178 Å². The van der Waals surface area contributed by atoms with Gasteiger partial charge in [0, 0.05) is 19.3 Å². The van der Waals surface area contributed by atoms with Crippen molar-refractivity contribution in [3.63, 3.8) is 0 Å². The topological polar surface area (TPSA) is 108 Å². The van der Waals surface area contributed by atoms with Crippen molar-refractivity contribution in [2.75, 3.05) is 12.4 Å². The first-order chi connectivity index (χ1) is 14.2.